The van der Waals surface area contributed by atoms with E-state index < -0.39 is 5.41 Å². The number of nitrogens with two attached hydrogens (primary N) is 1. The summed E-state index contributed by atoms with van der Waals surface area (Å²) >= 11 is 6.56. The lowest BCUT2D eigenvalue weighted by Gasteiger charge is -2.28. The molecular formula is C13H21N3OS2. The van der Waals surface area contributed by atoms with Crippen LogP contribution >= 0.6 is 23.6 Å². The largest absolute Gasteiger partial charge is 0.392 e. The Kier molecular flexibility index (Phi) is 5.43. The fourth-order valence-corrected chi connectivity index (χ4v) is 3.34. The van der Waals surface area contributed by atoms with E-state index in [1.165, 1.54) is 11.3 Å². The van der Waals surface area contributed by atoms with Crippen LogP contribution in [0.3, 0.4) is 0 Å². The highest BCUT2D eigenvalue weighted by atomic mass is 32.1. The van der Waals surface area contributed by atoms with Gasteiger partial charge in [-0.1, -0.05) is 33.0 Å². The van der Waals surface area contributed by atoms with Crippen molar-refractivity contribution in [2.24, 2.45) is 11.1 Å². The Hall–Kier alpha value is -1.01. The summed E-state index contributed by atoms with van der Waals surface area (Å²) in [5.74, 6) is -0.151. The van der Waals surface area contributed by atoms with Crippen molar-refractivity contribution in [3.05, 3.63) is 10.6 Å². The quantitative estimate of drug-likeness (QED) is 0.792. The SMILES string of the molecule is CCc1nc(NC(=O)C(CC)(CC)C(N)=S)sc1C. The highest BCUT2D eigenvalue weighted by Gasteiger charge is 2.38. The van der Waals surface area contributed by atoms with E-state index in [0.29, 0.717) is 18.0 Å². The molecule has 1 heterocycles. The molecule has 0 saturated carbocycles. The summed E-state index contributed by atoms with van der Waals surface area (Å²) in [5.41, 5.74) is 6.01. The standard InChI is InChI=1S/C13H21N3OS2/c1-5-9-8(4)19-12(15-9)16-11(17)13(6-2,7-3)10(14)18/h5-7H2,1-4H3,(H2,14,18)(H,15,16,17). The number of thiocarbonyl (C=S) groups is 1. The molecule has 0 aliphatic heterocycles. The molecule has 1 aromatic heterocycles. The molecule has 3 N–H and O–H groups in total. The van der Waals surface area contributed by atoms with Crippen LogP contribution in [-0.2, 0) is 11.2 Å². The molecule has 19 heavy (non-hydrogen) atoms. The average molecular weight is 299 g/mol. The molecule has 4 nitrogen and oxygen atoms in total. The molecule has 106 valence electrons. The molecule has 0 aliphatic carbocycles. The van der Waals surface area contributed by atoms with Gasteiger partial charge in [-0.2, -0.15) is 0 Å². The van der Waals surface area contributed by atoms with E-state index >= 15 is 0 Å². The fourth-order valence-electron chi connectivity index (χ4n) is 2.06. The molecule has 1 aromatic rings. The van der Waals surface area contributed by atoms with Gasteiger partial charge in [0.25, 0.3) is 0 Å². The average Bonchev–Trinajstić information content (AvgIpc) is 2.71. The molecule has 0 aliphatic rings. The van der Waals surface area contributed by atoms with Gasteiger partial charge < -0.3 is 11.1 Å². The van der Waals surface area contributed by atoms with Gasteiger partial charge in [0, 0.05) is 4.88 Å². The summed E-state index contributed by atoms with van der Waals surface area (Å²) in [5, 5.41) is 3.49. The zero-order chi connectivity index (χ0) is 14.6. The molecule has 0 saturated heterocycles. The van der Waals surface area contributed by atoms with Crippen molar-refractivity contribution >= 4 is 39.6 Å². The van der Waals surface area contributed by atoms with E-state index in [2.05, 4.69) is 10.3 Å². The summed E-state index contributed by atoms with van der Waals surface area (Å²) in [6, 6.07) is 0. The molecular weight excluding hydrogens is 278 g/mol. The number of hydrogen-bond donors (Lipinski definition) is 2. The summed E-state index contributed by atoms with van der Waals surface area (Å²) in [6.07, 6.45) is 2.05. The van der Waals surface area contributed by atoms with Gasteiger partial charge in [0.05, 0.1) is 16.1 Å². The van der Waals surface area contributed by atoms with Crippen LogP contribution < -0.4 is 11.1 Å². The molecule has 6 heteroatoms. The van der Waals surface area contributed by atoms with Crippen LogP contribution in [0, 0.1) is 12.3 Å². The van der Waals surface area contributed by atoms with Crippen LogP contribution in [0.25, 0.3) is 0 Å². The van der Waals surface area contributed by atoms with Crippen molar-refractivity contribution in [2.75, 3.05) is 5.32 Å². The minimum atomic E-state index is -0.777. The number of nitrogens with one attached hydrogen (secondary N) is 1. The number of nitrogens with zero attached hydrogens (tertiary/aromatic N) is 1. The second-order valence-corrected chi connectivity index (χ2v) is 6.13. The number of aryl methyl sites for hydroxylation is 2. The first-order valence-corrected chi connectivity index (χ1v) is 7.71. The minimum Gasteiger partial charge on any atom is -0.392 e. The van der Waals surface area contributed by atoms with E-state index in [9.17, 15) is 4.79 Å². The van der Waals surface area contributed by atoms with Crippen molar-refractivity contribution in [1.82, 2.24) is 4.98 Å². The van der Waals surface area contributed by atoms with Gasteiger partial charge in [0.15, 0.2) is 5.13 Å². The number of carbonyl (C=O) groups is 1. The highest BCUT2D eigenvalue weighted by molar-refractivity contribution is 7.80. The van der Waals surface area contributed by atoms with Crippen LogP contribution in [0.5, 0.6) is 0 Å². The van der Waals surface area contributed by atoms with Crippen LogP contribution in [0.15, 0.2) is 0 Å². The maximum absolute atomic E-state index is 12.4. The second kappa shape index (κ2) is 6.43. The zero-order valence-corrected chi connectivity index (χ0v) is 13.5. The number of hydrogen-bond acceptors (Lipinski definition) is 4. The molecule has 0 fully saturated rings. The Morgan fingerprint density at radius 2 is 2.00 bits per heavy atom. The van der Waals surface area contributed by atoms with E-state index in [1.54, 1.807) is 0 Å². The molecule has 0 spiro atoms. The Bertz CT molecular complexity index is 478. The third kappa shape index (κ3) is 3.12. The third-order valence-corrected chi connectivity index (χ3v) is 4.88. The Morgan fingerprint density at radius 3 is 2.37 bits per heavy atom. The van der Waals surface area contributed by atoms with Gasteiger partial charge in [-0.3, -0.25) is 4.79 Å². The lowest BCUT2D eigenvalue weighted by atomic mass is 9.81. The topological polar surface area (TPSA) is 68.0 Å². The van der Waals surface area contributed by atoms with E-state index in [0.717, 1.165) is 17.0 Å². The Morgan fingerprint density at radius 1 is 1.42 bits per heavy atom. The predicted octanol–water partition coefficient (Wildman–Crippen LogP) is 3.04. The van der Waals surface area contributed by atoms with Crippen LogP contribution in [-0.4, -0.2) is 15.9 Å². The van der Waals surface area contributed by atoms with E-state index in [-0.39, 0.29) is 10.9 Å². The number of amides is 1. The number of aromatic nitrogens is 1. The van der Waals surface area contributed by atoms with Gasteiger partial charge >= 0.3 is 0 Å². The molecule has 0 bridgehead atoms. The van der Waals surface area contributed by atoms with Crippen molar-refractivity contribution in [1.29, 1.82) is 0 Å². The maximum Gasteiger partial charge on any atom is 0.239 e. The smallest absolute Gasteiger partial charge is 0.239 e. The number of thiazole rings is 1. The first-order chi connectivity index (χ1) is 8.91. The third-order valence-electron chi connectivity index (χ3n) is 3.56. The van der Waals surface area contributed by atoms with Gasteiger partial charge in [-0.25, -0.2) is 4.98 Å². The summed E-state index contributed by atoms with van der Waals surface area (Å²) < 4.78 is 0. The van der Waals surface area contributed by atoms with Crippen molar-refractivity contribution in [3.63, 3.8) is 0 Å². The number of rotatable bonds is 6. The number of carbonyl (C=O) groups excluding carboxylic acids is 1. The first kappa shape index (κ1) is 16.0. The molecule has 0 unspecified atom stereocenters. The molecule has 1 amide bonds. The predicted molar refractivity (Wildman–Crippen MR) is 84.7 cm³/mol. The van der Waals surface area contributed by atoms with Crippen LogP contribution in [0.2, 0.25) is 0 Å². The van der Waals surface area contributed by atoms with Crippen LogP contribution in [0.4, 0.5) is 5.13 Å². The van der Waals surface area contributed by atoms with Gasteiger partial charge in [0.1, 0.15) is 0 Å². The normalized spacial score (nSPS) is 11.4. The molecule has 1 rings (SSSR count). The van der Waals surface area contributed by atoms with Crippen LogP contribution in [0.1, 0.15) is 44.2 Å². The molecule has 0 aromatic carbocycles. The minimum absolute atomic E-state index is 0.151. The van der Waals surface area contributed by atoms with Gasteiger partial charge in [-0.05, 0) is 26.2 Å². The lowest BCUT2D eigenvalue weighted by Crippen LogP contribution is -2.45. The summed E-state index contributed by atoms with van der Waals surface area (Å²) in [4.78, 5) is 18.2. The fraction of sp³-hybridized carbons (Fsp3) is 0.615. The van der Waals surface area contributed by atoms with Crippen molar-refractivity contribution < 1.29 is 4.79 Å². The Balaban J connectivity index is 2.96. The highest BCUT2D eigenvalue weighted by Crippen LogP contribution is 2.30. The lowest BCUT2D eigenvalue weighted by molar-refractivity contribution is -0.122. The first-order valence-electron chi connectivity index (χ1n) is 6.48. The van der Waals surface area contributed by atoms with Crippen molar-refractivity contribution in [3.8, 4) is 0 Å². The zero-order valence-electron chi connectivity index (χ0n) is 11.9. The molecule has 0 radical (unpaired) electrons. The van der Waals surface area contributed by atoms with Crippen molar-refractivity contribution in [2.45, 2.75) is 47.0 Å². The Labute approximate surface area is 123 Å². The van der Waals surface area contributed by atoms with E-state index in [4.69, 9.17) is 18.0 Å². The maximum atomic E-state index is 12.4. The molecule has 0 atom stereocenters. The van der Waals surface area contributed by atoms with Gasteiger partial charge in [0.2, 0.25) is 5.91 Å². The summed E-state index contributed by atoms with van der Waals surface area (Å²) in [7, 11) is 0. The monoisotopic (exact) mass is 299 g/mol. The van der Waals surface area contributed by atoms with Gasteiger partial charge in [-0.15, -0.1) is 11.3 Å². The second-order valence-electron chi connectivity index (χ2n) is 4.48. The van der Waals surface area contributed by atoms with E-state index in [1.807, 2.05) is 27.7 Å². The summed E-state index contributed by atoms with van der Waals surface area (Å²) in [6.45, 7) is 7.90. The number of anilines is 1.